The number of carbonyl (C=O) groups is 1. The van der Waals surface area contributed by atoms with Crippen LogP contribution in [-0.2, 0) is 9.53 Å². The lowest BCUT2D eigenvalue weighted by atomic mass is 10.3. The van der Waals surface area contributed by atoms with E-state index >= 15 is 0 Å². The first-order chi connectivity index (χ1) is 5.72. The number of hydrogen-bond acceptors (Lipinski definition) is 2. The van der Waals surface area contributed by atoms with Gasteiger partial charge in [0.25, 0.3) is 0 Å². The van der Waals surface area contributed by atoms with Gasteiger partial charge in [-0.2, -0.15) is 0 Å². The molecule has 0 aliphatic carbocycles. The fraction of sp³-hybridized carbons (Fsp3) is 0.889. The van der Waals surface area contributed by atoms with Crippen LogP contribution in [-0.4, -0.2) is 24.9 Å². The van der Waals surface area contributed by atoms with Gasteiger partial charge in [-0.05, 0) is 20.0 Å². The van der Waals surface area contributed by atoms with Crippen molar-refractivity contribution in [1.29, 1.82) is 0 Å². The molecule has 72 valence electrons. The lowest BCUT2D eigenvalue weighted by Crippen LogP contribution is -2.16. The first-order valence-electron chi connectivity index (χ1n) is 4.56. The van der Waals surface area contributed by atoms with Gasteiger partial charge in [0.1, 0.15) is 0 Å². The van der Waals surface area contributed by atoms with Crippen molar-refractivity contribution in [3.05, 3.63) is 0 Å². The Morgan fingerprint density at radius 2 is 2.17 bits per heavy atom. The van der Waals surface area contributed by atoms with E-state index in [1.54, 1.807) is 0 Å². The third-order valence-electron chi connectivity index (χ3n) is 1.78. The highest BCUT2D eigenvalue weighted by Gasteiger charge is 2.10. The Labute approximate surface area is 76.8 Å². The van der Waals surface area contributed by atoms with Gasteiger partial charge in [0.05, 0.1) is 12.3 Å². The highest BCUT2D eigenvalue weighted by atomic mass is 31.1. The maximum absolute atomic E-state index is 11.1. The van der Waals surface area contributed by atoms with Crippen molar-refractivity contribution in [3.63, 3.8) is 0 Å². The highest BCUT2D eigenvalue weighted by molar-refractivity contribution is 7.39. The quantitative estimate of drug-likeness (QED) is 0.365. The molecule has 0 aromatic heterocycles. The number of unbranched alkanes of at least 4 members (excludes halogenated alkanes) is 2. The van der Waals surface area contributed by atoms with Gasteiger partial charge < -0.3 is 4.74 Å². The molecule has 0 aliphatic heterocycles. The maximum atomic E-state index is 11.1. The topological polar surface area (TPSA) is 26.3 Å². The molecule has 12 heavy (non-hydrogen) atoms. The molecular weight excluding hydrogens is 171 g/mol. The summed E-state index contributed by atoms with van der Waals surface area (Å²) in [6.45, 7) is 6.68. The van der Waals surface area contributed by atoms with Crippen molar-refractivity contribution in [2.24, 2.45) is 0 Å². The van der Waals surface area contributed by atoms with Gasteiger partial charge in [-0.3, -0.25) is 4.79 Å². The zero-order valence-corrected chi connectivity index (χ0v) is 9.22. The minimum Gasteiger partial charge on any atom is -0.465 e. The van der Waals surface area contributed by atoms with Gasteiger partial charge in [-0.25, -0.2) is 0 Å². The minimum atomic E-state index is -0.0352. The second-order valence-corrected chi connectivity index (χ2v) is 4.33. The van der Waals surface area contributed by atoms with Crippen LogP contribution in [0.25, 0.3) is 0 Å². The molecule has 0 saturated heterocycles. The van der Waals surface area contributed by atoms with E-state index in [-0.39, 0.29) is 11.6 Å². The second-order valence-electron chi connectivity index (χ2n) is 2.88. The first kappa shape index (κ1) is 11.9. The van der Waals surface area contributed by atoms with Crippen molar-refractivity contribution in [2.45, 2.75) is 38.8 Å². The number of hydrogen-bond donors (Lipinski definition) is 0. The van der Waals surface area contributed by atoms with Crippen molar-refractivity contribution < 1.29 is 9.53 Å². The van der Waals surface area contributed by atoms with Crippen LogP contribution in [0.15, 0.2) is 0 Å². The van der Waals surface area contributed by atoms with Gasteiger partial charge in [-0.15, -0.1) is 8.58 Å². The molecule has 0 aromatic rings. The number of rotatable bonds is 6. The average Bonchev–Trinajstić information content (AvgIpc) is 2.10. The van der Waals surface area contributed by atoms with E-state index in [0.29, 0.717) is 15.2 Å². The zero-order chi connectivity index (χ0) is 9.40. The zero-order valence-electron chi connectivity index (χ0n) is 8.22. The van der Waals surface area contributed by atoms with E-state index < -0.39 is 0 Å². The number of carbonyl (C=O) groups excluding carboxylic acids is 1. The molecule has 0 amide bonds. The molecule has 3 heteroatoms. The Morgan fingerprint density at radius 3 is 2.67 bits per heavy atom. The Bertz CT molecular complexity index is 126. The summed E-state index contributed by atoms with van der Waals surface area (Å²) in [6.07, 6.45) is 3.32. The van der Waals surface area contributed by atoms with Crippen LogP contribution >= 0.6 is 8.58 Å². The normalized spacial score (nSPS) is 13.6. The largest absolute Gasteiger partial charge is 0.465 e. The first-order valence-corrected chi connectivity index (χ1v) is 6.14. The van der Waals surface area contributed by atoms with Crippen LogP contribution in [0.2, 0.25) is 0 Å². The Balaban J connectivity index is 3.31. The van der Waals surface area contributed by atoms with Gasteiger partial charge in [0, 0.05) is 0 Å². The molecule has 0 spiro atoms. The average molecular weight is 190 g/mol. The molecule has 0 aromatic carbocycles. The van der Waals surface area contributed by atoms with Crippen molar-refractivity contribution in [3.8, 4) is 0 Å². The monoisotopic (exact) mass is 190 g/mol. The van der Waals surface area contributed by atoms with E-state index in [0.717, 1.165) is 12.8 Å². The van der Waals surface area contributed by atoms with Crippen LogP contribution in [0.5, 0.6) is 0 Å². The van der Waals surface area contributed by atoms with E-state index in [9.17, 15) is 4.79 Å². The molecule has 0 radical (unpaired) electrons. The molecule has 0 rings (SSSR count). The van der Waals surface area contributed by atoms with Crippen LogP contribution in [0.1, 0.15) is 33.1 Å². The fourth-order valence-electron chi connectivity index (χ4n) is 0.768. The van der Waals surface area contributed by atoms with Crippen LogP contribution < -0.4 is 0 Å². The van der Waals surface area contributed by atoms with E-state index in [2.05, 4.69) is 6.92 Å². The molecule has 0 saturated carbocycles. The summed E-state index contributed by atoms with van der Waals surface area (Å²) in [7, 11) is 0.650. The molecule has 0 N–H and O–H groups in total. The van der Waals surface area contributed by atoms with E-state index in [4.69, 9.17) is 4.74 Å². The molecular formula is C9H19O2P. The molecule has 2 atom stereocenters. The lowest BCUT2D eigenvalue weighted by molar-refractivity contribution is -0.142. The smallest absolute Gasteiger partial charge is 0.312 e. The van der Waals surface area contributed by atoms with Crippen LogP contribution in [0, 0.1) is 0 Å². The second kappa shape index (κ2) is 7.54. The third-order valence-corrected chi connectivity index (χ3v) is 2.88. The fourth-order valence-corrected chi connectivity index (χ4v) is 1.09. The molecule has 0 fully saturated rings. The van der Waals surface area contributed by atoms with Gasteiger partial charge >= 0.3 is 5.97 Å². The number of ether oxygens (including phenoxy) is 1. The Morgan fingerprint density at radius 1 is 1.50 bits per heavy atom. The van der Waals surface area contributed by atoms with Crippen LogP contribution in [0.4, 0.5) is 0 Å². The summed E-state index contributed by atoms with van der Waals surface area (Å²) in [4.78, 5) is 11.1. The minimum absolute atomic E-state index is 0.0352. The Kier molecular flexibility index (Phi) is 7.48. The van der Waals surface area contributed by atoms with E-state index in [1.165, 1.54) is 6.42 Å². The summed E-state index contributed by atoms with van der Waals surface area (Å²) >= 11 is 0. The van der Waals surface area contributed by atoms with Gasteiger partial charge in [0.15, 0.2) is 0 Å². The third kappa shape index (κ3) is 5.54. The van der Waals surface area contributed by atoms with Crippen molar-refractivity contribution >= 4 is 14.6 Å². The van der Waals surface area contributed by atoms with E-state index in [1.807, 2.05) is 13.6 Å². The molecule has 0 aliphatic rings. The number of esters is 1. The molecule has 2 nitrogen and oxygen atoms in total. The predicted octanol–water partition coefficient (Wildman–Crippen LogP) is 2.42. The SMILES string of the molecule is CCCCCOC(=O)C(C)PC. The van der Waals surface area contributed by atoms with Crippen molar-refractivity contribution in [1.82, 2.24) is 0 Å². The summed E-state index contributed by atoms with van der Waals surface area (Å²) in [6, 6.07) is 0. The molecule has 0 heterocycles. The Hall–Kier alpha value is -0.100. The highest BCUT2D eigenvalue weighted by Crippen LogP contribution is 2.14. The summed E-state index contributed by atoms with van der Waals surface area (Å²) < 4.78 is 5.06. The standard InChI is InChI=1S/C9H19O2P/c1-4-5-6-7-11-9(10)8(2)12-3/h8,12H,4-7H2,1-3H3. The van der Waals surface area contributed by atoms with Crippen LogP contribution in [0.3, 0.4) is 0 Å². The summed E-state index contributed by atoms with van der Waals surface area (Å²) in [5, 5.41) is 0. The van der Waals surface area contributed by atoms with Gasteiger partial charge in [-0.1, -0.05) is 19.8 Å². The lowest BCUT2D eigenvalue weighted by Gasteiger charge is -2.08. The molecule has 2 unspecified atom stereocenters. The summed E-state index contributed by atoms with van der Waals surface area (Å²) in [5.41, 5.74) is 0.0895. The predicted molar refractivity (Wildman–Crippen MR) is 54.2 cm³/mol. The van der Waals surface area contributed by atoms with Gasteiger partial charge in [0.2, 0.25) is 0 Å². The summed E-state index contributed by atoms with van der Waals surface area (Å²) in [5.74, 6) is -0.0352. The van der Waals surface area contributed by atoms with Crippen molar-refractivity contribution in [2.75, 3.05) is 13.3 Å². The molecule has 0 bridgehead atoms. The maximum Gasteiger partial charge on any atom is 0.312 e.